The quantitative estimate of drug-likeness (QED) is 0.502. The van der Waals surface area contributed by atoms with Crippen LogP contribution in [-0.2, 0) is 9.59 Å². The molecular formula is C24H28ClFN4O5. The van der Waals surface area contributed by atoms with Crippen LogP contribution < -0.4 is 20.1 Å². The third-order valence-corrected chi connectivity index (χ3v) is 7.19. The Labute approximate surface area is 207 Å². The van der Waals surface area contributed by atoms with Crippen molar-refractivity contribution >= 4 is 23.4 Å². The predicted molar refractivity (Wildman–Crippen MR) is 125 cm³/mol. The minimum atomic E-state index is -0.830. The highest BCUT2D eigenvalue weighted by atomic mass is 35.5. The maximum Gasteiger partial charge on any atom is 0.258 e. The Kier molecular flexibility index (Phi) is 7.14. The van der Waals surface area contributed by atoms with E-state index in [1.807, 2.05) is 0 Å². The number of aromatic nitrogens is 2. The molecule has 1 heterocycles. The number of aliphatic hydroxyl groups excluding tert-OH is 1. The van der Waals surface area contributed by atoms with Crippen LogP contribution in [0.2, 0.25) is 5.02 Å². The molecule has 1 atom stereocenters. The van der Waals surface area contributed by atoms with Crippen LogP contribution in [0.3, 0.4) is 0 Å². The van der Waals surface area contributed by atoms with Crippen molar-refractivity contribution in [3.05, 3.63) is 46.8 Å². The summed E-state index contributed by atoms with van der Waals surface area (Å²) in [6.45, 7) is 3.05. The van der Waals surface area contributed by atoms with Crippen LogP contribution in [0.5, 0.6) is 11.5 Å². The van der Waals surface area contributed by atoms with E-state index >= 15 is 0 Å². The van der Waals surface area contributed by atoms with Crippen molar-refractivity contribution in [2.24, 2.45) is 0 Å². The fourth-order valence-electron chi connectivity index (χ4n) is 4.95. The molecule has 0 aliphatic heterocycles. The van der Waals surface area contributed by atoms with E-state index in [0.717, 1.165) is 6.07 Å². The molecule has 1 aromatic heterocycles. The first kappa shape index (κ1) is 25.1. The van der Waals surface area contributed by atoms with Gasteiger partial charge in [0.2, 0.25) is 0 Å². The highest BCUT2D eigenvalue weighted by Gasteiger charge is 2.55. The van der Waals surface area contributed by atoms with Gasteiger partial charge in [-0.2, -0.15) is 0 Å². The lowest BCUT2D eigenvalue weighted by molar-refractivity contribution is -0.137. The lowest BCUT2D eigenvalue weighted by Crippen LogP contribution is -2.70. The lowest BCUT2D eigenvalue weighted by Gasteiger charge is -2.56. The molecular weight excluding hydrogens is 479 g/mol. The molecule has 3 N–H and O–H groups in total. The topological polar surface area (TPSA) is 123 Å². The molecule has 3 fully saturated rings. The van der Waals surface area contributed by atoms with Crippen LogP contribution in [0.4, 0.5) is 4.39 Å². The molecule has 0 radical (unpaired) electrons. The summed E-state index contributed by atoms with van der Waals surface area (Å²) in [5.74, 6) is -0.664. The number of nitrogens with zero attached hydrogens (tertiary/aromatic N) is 2. The van der Waals surface area contributed by atoms with Gasteiger partial charge in [0.05, 0.1) is 28.1 Å². The monoisotopic (exact) mass is 506 g/mol. The summed E-state index contributed by atoms with van der Waals surface area (Å²) >= 11 is 5.66. The zero-order valence-electron chi connectivity index (χ0n) is 19.6. The summed E-state index contributed by atoms with van der Waals surface area (Å²) in [5, 5.41) is 16.8. The largest absolute Gasteiger partial charge is 0.484 e. The summed E-state index contributed by atoms with van der Waals surface area (Å²) in [4.78, 5) is 33.3. The number of halogens is 2. The first-order valence-corrected chi connectivity index (χ1v) is 11.8. The van der Waals surface area contributed by atoms with Gasteiger partial charge in [-0.1, -0.05) is 11.6 Å². The van der Waals surface area contributed by atoms with E-state index in [1.165, 1.54) is 18.5 Å². The number of aliphatic hydroxyl groups is 1. The van der Waals surface area contributed by atoms with E-state index < -0.39 is 23.0 Å². The molecule has 11 heteroatoms. The van der Waals surface area contributed by atoms with Crippen molar-refractivity contribution < 1.29 is 28.6 Å². The second-order valence-corrected chi connectivity index (χ2v) is 9.69. The Morgan fingerprint density at radius 2 is 1.71 bits per heavy atom. The number of benzene rings is 1. The summed E-state index contributed by atoms with van der Waals surface area (Å²) < 4.78 is 24.6. The number of fused-ring (bicyclic) bond motifs is 3. The second kappa shape index (κ2) is 9.94. The van der Waals surface area contributed by atoms with Gasteiger partial charge < -0.3 is 25.2 Å². The number of aryl methyl sites for hydroxylation is 2. The van der Waals surface area contributed by atoms with E-state index in [1.54, 1.807) is 13.8 Å². The van der Waals surface area contributed by atoms with Gasteiger partial charge in [0, 0.05) is 11.6 Å². The molecule has 2 aromatic rings. The molecule has 3 aliphatic rings. The molecule has 0 unspecified atom stereocenters. The number of nitrogens with one attached hydrogen (secondary N) is 2. The Balaban J connectivity index is 1.29. The van der Waals surface area contributed by atoms with Gasteiger partial charge in [-0.25, -0.2) is 14.4 Å². The van der Waals surface area contributed by atoms with Crippen LogP contribution in [0.25, 0.3) is 0 Å². The third kappa shape index (κ3) is 5.48. The SMILES string of the molecule is Cc1ncnc(C)c1OCC(=O)NC12CCC(NC(=O)COc3ccc(Cl)c(F)c3)(CC1)C[C@@H]2O. The summed E-state index contributed by atoms with van der Waals surface area (Å²) in [6.07, 6.45) is 3.12. The van der Waals surface area contributed by atoms with Crippen LogP contribution >= 0.6 is 11.6 Å². The van der Waals surface area contributed by atoms with Crippen molar-refractivity contribution in [1.82, 2.24) is 20.6 Å². The number of amides is 2. The highest BCUT2D eigenvalue weighted by molar-refractivity contribution is 6.30. The van der Waals surface area contributed by atoms with Crippen molar-refractivity contribution in [2.45, 2.75) is 63.1 Å². The first-order chi connectivity index (χ1) is 16.6. The van der Waals surface area contributed by atoms with E-state index in [4.69, 9.17) is 21.1 Å². The molecule has 35 heavy (non-hydrogen) atoms. The van der Waals surface area contributed by atoms with Gasteiger partial charge in [-0.05, 0) is 58.1 Å². The molecule has 3 aliphatic carbocycles. The van der Waals surface area contributed by atoms with Crippen LogP contribution in [0.15, 0.2) is 24.5 Å². The number of carbonyl (C=O) groups excluding carboxylic acids is 2. The molecule has 0 spiro atoms. The van der Waals surface area contributed by atoms with E-state index in [9.17, 15) is 19.1 Å². The number of ether oxygens (including phenoxy) is 2. The Morgan fingerprint density at radius 1 is 1.09 bits per heavy atom. The van der Waals surface area contributed by atoms with E-state index in [2.05, 4.69) is 20.6 Å². The van der Waals surface area contributed by atoms with Crippen molar-refractivity contribution in [3.8, 4) is 11.5 Å². The van der Waals surface area contributed by atoms with Gasteiger partial charge in [0.1, 0.15) is 17.9 Å². The van der Waals surface area contributed by atoms with Crippen molar-refractivity contribution in [1.29, 1.82) is 0 Å². The molecule has 2 amide bonds. The molecule has 0 saturated heterocycles. The minimum absolute atomic E-state index is 0.0273. The van der Waals surface area contributed by atoms with E-state index in [-0.39, 0.29) is 35.8 Å². The second-order valence-electron chi connectivity index (χ2n) is 9.28. The summed E-state index contributed by atoms with van der Waals surface area (Å²) in [6, 6.07) is 3.96. The van der Waals surface area contributed by atoms with Crippen LogP contribution in [-0.4, -0.2) is 57.3 Å². The summed E-state index contributed by atoms with van der Waals surface area (Å²) in [5.41, 5.74) is -0.0559. The number of hydrogen-bond donors (Lipinski definition) is 3. The standard InChI is InChI=1S/C24H28ClFN4O5/c1-14-22(15(2)28-13-27-14)35-12-21(33)30-24-7-5-23(6-8-24,10-19(24)31)29-20(32)11-34-16-3-4-17(25)18(26)9-16/h3-4,9,13,19,31H,5-8,10-12H2,1-2H3,(H,29,32)(H,30,33)/t19-,23?,24?/m0/s1. The van der Waals surface area contributed by atoms with Gasteiger partial charge in [0.25, 0.3) is 11.8 Å². The van der Waals surface area contributed by atoms with Gasteiger partial charge >= 0.3 is 0 Å². The highest BCUT2D eigenvalue weighted by Crippen LogP contribution is 2.47. The minimum Gasteiger partial charge on any atom is -0.484 e. The average Bonchev–Trinajstić information content (AvgIpc) is 2.81. The summed E-state index contributed by atoms with van der Waals surface area (Å²) in [7, 11) is 0. The zero-order valence-corrected chi connectivity index (χ0v) is 20.3. The first-order valence-electron chi connectivity index (χ1n) is 11.4. The number of rotatable bonds is 8. The third-order valence-electron chi connectivity index (χ3n) is 6.88. The predicted octanol–water partition coefficient (Wildman–Crippen LogP) is 2.39. The molecule has 3 saturated carbocycles. The van der Waals surface area contributed by atoms with Gasteiger partial charge in [-0.3, -0.25) is 9.59 Å². The molecule has 9 nitrogen and oxygen atoms in total. The van der Waals surface area contributed by atoms with Gasteiger partial charge in [0.15, 0.2) is 19.0 Å². The maximum absolute atomic E-state index is 13.6. The number of carbonyl (C=O) groups is 2. The molecule has 188 valence electrons. The fraction of sp³-hybridized carbons (Fsp3) is 0.500. The Bertz CT molecular complexity index is 1100. The molecule has 5 rings (SSSR count). The van der Waals surface area contributed by atoms with Crippen LogP contribution in [0.1, 0.15) is 43.5 Å². The molecule has 1 aromatic carbocycles. The van der Waals surface area contributed by atoms with Crippen molar-refractivity contribution in [2.75, 3.05) is 13.2 Å². The van der Waals surface area contributed by atoms with Crippen molar-refractivity contribution in [3.63, 3.8) is 0 Å². The lowest BCUT2D eigenvalue weighted by atomic mass is 9.60. The fourth-order valence-corrected chi connectivity index (χ4v) is 5.07. The van der Waals surface area contributed by atoms with Crippen LogP contribution in [0, 0.1) is 19.7 Å². The zero-order chi connectivity index (χ0) is 25.2. The number of hydrogen-bond acceptors (Lipinski definition) is 7. The average molecular weight is 507 g/mol. The van der Waals surface area contributed by atoms with Gasteiger partial charge in [-0.15, -0.1) is 0 Å². The Hall–Kier alpha value is -2.98. The Morgan fingerprint density at radius 3 is 2.34 bits per heavy atom. The maximum atomic E-state index is 13.6. The molecule has 2 bridgehead atoms. The smallest absolute Gasteiger partial charge is 0.258 e. The van der Waals surface area contributed by atoms with E-state index in [0.29, 0.717) is 49.2 Å². The normalized spacial score (nSPS) is 25.1.